The summed E-state index contributed by atoms with van der Waals surface area (Å²) in [5, 5.41) is 5.19. The van der Waals surface area contributed by atoms with Crippen LogP contribution in [-0.4, -0.2) is 35.2 Å². The van der Waals surface area contributed by atoms with E-state index in [1.54, 1.807) is 33.3 Å². The molecule has 0 radical (unpaired) electrons. The average molecular weight is 488 g/mol. The fourth-order valence-electron chi connectivity index (χ4n) is 5.03. The second-order valence-corrected chi connectivity index (χ2v) is 10.5. The van der Waals surface area contributed by atoms with Crippen LogP contribution in [0.5, 0.6) is 0 Å². The van der Waals surface area contributed by atoms with Gasteiger partial charge in [-0.15, -0.1) is 11.3 Å². The molecule has 7 heteroatoms. The predicted octanol–water partition coefficient (Wildman–Crippen LogP) is 5.03. The summed E-state index contributed by atoms with van der Waals surface area (Å²) in [4.78, 5) is 44.4. The second-order valence-electron chi connectivity index (χ2n) is 9.51. The Kier molecular flexibility index (Phi) is 6.43. The van der Waals surface area contributed by atoms with Gasteiger partial charge in [-0.05, 0) is 60.0 Å². The van der Waals surface area contributed by atoms with Crippen LogP contribution in [0.1, 0.15) is 63.9 Å². The number of carbonyl (C=O) groups is 3. The van der Waals surface area contributed by atoms with Gasteiger partial charge in [-0.1, -0.05) is 44.2 Å². The second kappa shape index (κ2) is 9.66. The molecule has 3 heterocycles. The maximum atomic E-state index is 13.6. The lowest BCUT2D eigenvalue weighted by Gasteiger charge is -2.26. The van der Waals surface area contributed by atoms with Gasteiger partial charge >= 0.3 is 0 Å². The molecule has 0 unspecified atom stereocenters. The number of nitrogens with zero attached hydrogens (tertiary/aromatic N) is 2. The summed E-state index contributed by atoms with van der Waals surface area (Å²) < 4.78 is 0. The molecule has 3 amide bonds. The van der Waals surface area contributed by atoms with Gasteiger partial charge in [-0.3, -0.25) is 14.4 Å². The molecular weight excluding hydrogens is 458 g/mol. The predicted molar refractivity (Wildman–Crippen MR) is 137 cm³/mol. The summed E-state index contributed by atoms with van der Waals surface area (Å²) in [6.45, 7) is 5.09. The molecule has 2 aromatic carbocycles. The third-order valence-electron chi connectivity index (χ3n) is 6.82. The lowest BCUT2D eigenvalue weighted by Crippen LogP contribution is -2.44. The summed E-state index contributed by atoms with van der Waals surface area (Å²) in [5.41, 5.74) is 2.58. The summed E-state index contributed by atoms with van der Waals surface area (Å²) in [6, 6.07) is 18.3. The Balaban J connectivity index is 1.42. The highest BCUT2D eigenvalue weighted by molar-refractivity contribution is 7.10. The maximum absolute atomic E-state index is 13.6. The summed E-state index contributed by atoms with van der Waals surface area (Å²) in [7, 11) is 0. The highest BCUT2D eigenvalue weighted by Crippen LogP contribution is 2.33. The number of hydrogen-bond acceptors (Lipinski definition) is 4. The highest BCUT2D eigenvalue weighted by atomic mass is 32.1. The van der Waals surface area contributed by atoms with E-state index < -0.39 is 6.04 Å². The molecule has 1 aromatic heterocycles. The van der Waals surface area contributed by atoms with E-state index in [4.69, 9.17) is 0 Å². The fraction of sp³-hybridized carbons (Fsp3) is 0.321. The van der Waals surface area contributed by atoms with Gasteiger partial charge in [0.05, 0.1) is 23.8 Å². The first-order valence-electron chi connectivity index (χ1n) is 12.1. The van der Waals surface area contributed by atoms with Crippen LogP contribution in [0.2, 0.25) is 0 Å². The molecule has 180 valence electrons. The highest BCUT2D eigenvalue weighted by Gasteiger charge is 2.41. The number of para-hydroxylation sites is 1. The van der Waals surface area contributed by atoms with Gasteiger partial charge in [0.1, 0.15) is 6.04 Å². The minimum atomic E-state index is -0.432. The Morgan fingerprint density at radius 3 is 2.69 bits per heavy atom. The molecule has 5 rings (SSSR count). The number of nitrogens with one attached hydrogen (secondary N) is 1. The molecule has 35 heavy (non-hydrogen) atoms. The van der Waals surface area contributed by atoms with Gasteiger partial charge in [-0.2, -0.15) is 0 Å². The maximum Gasteiger partial charge on any atom is 0.256 e. The number of rotatable bonds is 6. The minimum absolute atomic E-state index is 0.0618. The van der Waals surface area contributed by atoms with Crippen molar-refractivity contribution in [2.45, 2.75) is 45.3 Å². The lowest BCUT2D eigenvalue weighted by atomic mass is 10.0. The van der Waals surface area contributed by atoms with Crippen molar-refractivity contribution in [3.05, 3.63) is 87.6 Å². The van der Waals surface area contributed by atoms with Crippen molar-refractivity contribution in [3.63, 3.8) is 0 Å². The van der Waals surface area contributed by atoms with Crippen LogP contribution in [0.15, 0.2) is 66.0 Å². The van der Waals surface area contributed by atoms with Gasteiger partial charge in [0, 0.05) is 17.0 Å². The van der Waals surface area contributed by atoms with Crippen molar-refractivity contribution in [2.24, 2.45) is 5.92 Å². The van der Waals surface area contributed by atoms with E-state index in [0.717, 1.165) is 16.9 Å². The van der Waals surface area contributed by atoms with E-state index >= 15 is 0 Å². The van der Waals surface area contributed by atoms with Crippen LogP contribution in [0.3, 0.4) is 0 Å². The Morgan fingerprint density at radius 1 is 1.09 bits per heavy atom. The summed E-state index contributed by atoms with van der Waals surface area (Å²) >= 11 is 1.64. The van der Waals surface area contributed by atoms with E-state index in [2.05, 4.69) is 19.2 Å². The average Bonchev–Trinajstić information content (AvgIpc) is 3.56. The van der Waals surface area contributed by atoms with Crippen LogP contribution in [0.4, 0.5) is 5.69 Å². The number of thiophene rings is 1. The SMILES string of the molecule is CC(C)[C@H](NC(=O)c1cccc(CN2C(=O)[C@H]3CCCN3C(=O)c3ccccc32)c1)c1cccs1. The van der Waals surface area contributed by atoms with Gasteiger partial charge in [0.2, 0.25) is 5.91 Å². The first-order chi connectivity index (χ1) is 16.9. The number of benzene rings is 2. The summed E-state index contributed by atoms with van der Waals surface area (Å²) in [5.74, 6) is -0.0359. The first-order valence-corrected chi connectivity index (χ1v) is 13.0. The van der Waals surface area contributed by atoms with E-state index in [9.17, 15) is 14.4 Å². The molecule has 3 aromatic rings. The monoisotopic (exact) mass is 487 g/mol. The first kappa shape index (κ1) is 23.3. The normalized spacial score (nSPS) is 18.3. The molecule has 0 bridgehead atoms. The molecule has 0 spiro atoms. The molecule has 2 aliphatic heterocycles. The number of anilines is 1. The van der Waals surface area contributed by atoms with E-state index in [1.807, 2.05) is 53.9 Å². The van der Waals surface area contributed by atoms with Gasteiger partial charge < -0.3 is 15.1 Å². The van der Waals surface area contributed by atoms with Crippen molar-refractivity contribution in [3.8, 4) is 0 Å². The van der Waals surface area contributed by atoms with Crippen molar-refractivity contribution in [1.82, 2.24) is 10.2 Å². The van der Waals surface area contributed by atoms with Crippen molar-refractivity contribution in [1.29, 1.82) is 0 Å². The molecule has 1 saturated heterocycles. The van der Waals surface area contributed by atoms with Crippen molar-refractivity contribution >= 4 is 34.7 Å². The van der Waals surface area contributed by atoms with Crippen molar-refractivity contribution < 1.29 is 14.4 Å². The topological polar surface area (TPSA) is 69.7 Å². The number of fused-ring (bicyclic) bond motifs is 2. The Labute approximate surface area is 209 Å². The molecule has 1 fully saturated rings. The molecule has 2 atom stereocenters. The van der Waals surface area contributed by atoms with E-state index in [-0.39, 0.29) is 29.7 Å². The zero-order valence-electron chi connectivity index (χ0n) is 19.9. The van der Waals surface area contributed by atoms with E-state index in [0.29, 0.717) is 36.3 Å². The third-order valence-corrected chi connectivity index (χ3v) is 7.78. The Morgan fingerprint density at radius 2 is 1.91 bits per heavy atom. The third kappa shape index (κ3) is 4.48. The van der Waals surface area contributed by atoms with Gasteiger partial charge in [0.15, 0.2) is 0 Å². The molecule has 0 aliphatic carbocycles. The molecule has 6 nitrogen and oxygen atoms in total. The quantitative estimate of drug-likeness (QED) is 0.530. The smallest absolute Gasteiger partial charge is 0.256 e. The van der Waals surface area contributed by atoms with Crippen LogP contribution < -0.4 is 10.2 Å². The standard InChI is InChI=1S/C28H29N3O3S/c1-18(2)25(24-13-7-15-35-24)29-26(32)20-9-5-8-19(16-20)17-31-22-11-4-3-10-21(22)27(33)30-14-6-12-23(30)28(31)34/h3-5,7-11,13,15-16,18,23,25H,6,12,14,17H2,1-2H3,(H,29,32)/t23-,25+/m1/s1. The fourth-order valence-corrected chi connectivity index (χ4v) is 5.97. The zero-order valence-corrected chi connectivity index (χ0v) is 20.8. The number of hydrogen-bond donors (Lipinski definition) is 1. The van der Waals surface area contributed by atoms with E-state index in [1.165, 1.54) is 0 Å². The summed E-state index contributed by atoms with van der Waals surface area (Å²) in [6.07, 6.45) is 1.51. The van der Waals surface area contributed by atoms with Crippen molar-refractivity contribution in [2.75, 3.05) is 11.4 Å². The molecule has 1 N–H and O–H groups in total. The Hall–Kier alpha value is -3.45. The van der Waals surface area contributed by atoms with Crippen LogP contribution in [0, 0.1) is 5.92 Å². The van der Waals surface area contributed by atoms with Crippen LogP contribution in [0.25, 0.3) is 0 Å². The van der Waals surface area contributed by atoms with Crippen LogP contribution in [-0.2, 0) is 11.3 Å². The zero-order chi connectivity index (χ0) is 24.5. The number of carbonyl (C=O) groups excluding carboxylic acids is 3. The van der Waals surface area contributed by atoms with Gasteiger partial charge in [-0.25, -0.2) is 0 Å². The number of amides is 3. The molecule has 0 saturated carbocycles. The molecule has 2 aliphatic rings. The largest absolute Gasteiger partial charge is 0.344 e. The van der Waals surface area contributed by atoms with Crippen LogP contribution >= 0.6 is 11.3 Å². The van der Waals surface area contributed by atoms with Gasteiger partial charge in [0.25, 0.3) is 11.8 Å². The Bertz CT molecular complexity index is 1250. The lowest BCUT2D eigenvalue weighted by molar-refractivity contribution is -0.122. The minimum Gasteiger partial charge on any atom is -0.344 e. The molecular formula is C28H29N3O3S.